The lowest BCUT2D eigenvalue weighted by atomic mass is 9.81. The lowest BCUT2D eigenvalue weighted by molar-refractivity contribution is 0.407. The fourth-order valence-corrected chi connectivity index (χ4v) is 3.34. The number of hydrogen-bond donors (Lipinski definition) is 1. The molecular weight excluding hydrogens is 272 g/mol. The van der Waals surface area contributed by atoms with Gasteiger partial charge in [-0.05, 0) is 43.2 Å². The normalized spacial score (nSPS) is 14.7. The molecular formula is C19H16N2O. The fraction of sp³-hybridized carbons (Fsp3) is 0.211. The van der Waals surface area contributed by atoms with E-state index in [9.17, 15) is 10.4 Å². The van der Waals surface area contributed by atoms with Crippen molar-refractivity contribution in [3.05, 3.63) is 59.8 Å². The van der Waals surface area contributed by atoms with Gasteiger partial charge in [0.1, 0.15) is 11.8 Å². The first-order valence-electron chi connectivity index (χ1n) is 7.62. The molecule has 3 heteroatoms. The van der Waals surface area contributed by atoms with E-state index in [1.54, 1.807) is 12.1 Å². The van der Waals surface area contributed by atoms with Crippen LogP contribution in [-0.2, 0) is 0 Å². The smallest absolute Gasteiger partial charge is 0.116 e. The van der Waals surface area contributed by atoms with Gasteiger partial charge in [-0.3, -0.25) is 0 Å². The maximum atomic E-state index is 9.81. The summed E-state index contributed by atoms with van der Waals surface area (Å²) in [5.74, 6) is 0.638. The van der Waals surface area contributed by atoms with Gasteiger partial charge in [0, 0.05) is 22.7 Å². The van der Waals surface area contributed by atoms with Gasteiger partial charge in [-0.1, -0.05) is 24.6 Å². The van der Waals surface area contributed by atoms with Crippen molar-refractivity contribution in [2.24, 2.45) is 0 Å². The van der Waals surface area contributed by atoms with E-state index in [1.165, 1.54) is 6.42 Å². The van der Waals surface area contributed by atoms with E-state index in [2.05, 4.69) is 22.8 Å². The number of aromatic hydroxyl groups is 1. The molecule has 0 aliphatic heterocycles. The molecule has 3 nitrogen and oxygen atoms in total. The summed E-state index contributed by atoms with van der Waals surface area (Å²) >= 11 is 0. The molecule has 0 spiro atoms. The molecule has 1 aliphatic carbocycles. The van der Waals surface area contributed by atoms with Crippen LogP contribution >= 0.6 is 0 Å². The zero-order valence-electron chi connectivity index (χ0n) is 12.2. The average molecular weight is 288 g/mol. The number of phenolic OH excluding ortho intramolecular Hbond substituents is 1. The van der Waals surface area contributed by atoms with Crippen LogP contribution in [0.2, 0.25) is 0 Å². The standard InChI is InChI=1S/C19H16N2O/c20-12-17-16-11-15(22)9-10-18(16)21(14-7-2-1-3-8-14)19(17)13-5-4-6-13/h1-3,7-11,13,22H,4-6H2. The summed E-state index contributed by atoms with van der Waals surface area (Å²) < 4.78 is 2.19. The summed E-state index contributed by atoms with van der Waals surface area (Å²) in [6, 6.07) is 17.8. The van der Waals surface area contributed by atoms with Gasteiger partial charge < -0.3 is 9.67 Å². The van der Waals surface area contributed by atoms with Gasteiger partial charge in [0.25, 0.3) is 0 Å². The quantitative estimate of drug-likeness (QED) is 0.756. The Morgan fingerprint density at radius 3 is 2.50 bits per heavy atom. The number of rotatable bonds is 2. The van der Waals surface area contributed by atoms with Crippen LogP contribution in [0.1, 0.15) is 36.4 Å². The lowest BCUT2D eigenvalue weighted by Crippen LogP contribution is -2.14. The molecule has 22 heavy (non-hydrogen) atoms. The van der Waals surface area contributed by atoms with Crippen LogP contribution in [0.25, 0.3) is 16.6 Å². The Kier molecular flexibility index (Phi) is 2.90. The van der Waals surface area contributed by atoms with Gasteiger partial charge in [-0.2, -0.15) is 5.26 Å². The SMILES string of the molecule is N#Cc1c(C2CCC2)n(-c2ccccc2)c2ccc(O)cc12. The molecule has 0 saturated heterocycles. The molecule has 0 unspecified atom stereocenters. The molecule has 1 aliphatic rings. The van der Waals surface area contributed by atoms with Gasteiger partial charge >= 0.3 is 0 Å². The van der Waals surface area contributed by atoms with Gasteiger partial charge in [0.05, 0.1) is 11.1 Å². The van der Waals surface area contributed by atoms with Crippen LogP contribution in [0, 0.1) is 11.3 Å². The highest BCUT2D eigenvalue weighted by Gasteiger charge is 2.29. The van der Waals surface area contributed by atoms with Gasteiger partial charge in [0.2, 0.25) is 0 Å². The van der Waals surface area contributed by atoms with Crippen molar-refractivity contribution in [1.82, 2.24) is 4.57 Å². The van der Waals surface area contributed by atoms with E-state index >= 15 is 0 Å². The number of fused-ring (bicyclic) bond motifs is 1. The summed E-state index contributed by atoms with van der Waals surface area (Å²) in [6.07, 6.45) is 3.48. The van der Waals surface area contributed by atoms with Gasteiger partial charge in [-0.15, -0.1) is 0 Å². The molecule has 0 bridgehead atoms. The zero-order chi connectivity index (χ0) is 15.1. The number of nitrogens with zero attached hydrogens (tertiary/aromatic N) is 2. The summed E-state index contributed by atoms with van der Waals surface area (Å²) in [6.45, 7) is 0. The maximum Gasteiger partial charge on any atom is 0.116 e. The topological polar surface area (TPSA) is 49.0 Å². The Morgan fingerprint density at radius 2 is 1.86 bits per heavy atom. The van der Waals surface area contributed by atoms with Crippen molar-refractivity contribution in [2.75, 3.05) is 0 Å². The fourth-order valence-electron chi connectivity index (χ4n) is 3.34. The second-order valence-corrected chi connectivity index (χ2v) is 5.87. The Hall–Kier alpha value is -2.73. The first kappa shape index (κ1) is 13.0. The Morgan fingerprint density at radius 1 is 1.09 bits per heavy atom. The highest BCUT2D eigenvalue weighted by atomic mass is 16.3. The molecule has 1 fully saturated rings. The van der Waals surface area contributed by atoms with Crippen LogP contribution in [0.15, 0.2) is 48.5 Å². The Balaban J connectivity index is 2.11. The Bertz CT molecular complexity index is 883. The van der Waals surface area contributed by atoms with E-state index in [0.29, 0.717) is 11.5 Å². The number of para-hydroxylation sites is 1. The zero-order valence-corrected chi connectivity index (χ0v) is 12.2. The molecule has 1 heterocycles. The van der Waals surface area contributed by atoms with Crippen LogP contribution in [0.4, 0.5) is 0 Å². The molecule has 2 aromatic carbocycles. The second kappa shape index (κ2) is 4.92. The third-order valence-corrected chi connectivity index (χ3v) is 4.61. The van der Waals surface area contributed by atoms with Crippen LogP contribution in [0.3, 0.4) is 0 Å². The molecule has 1 aromatic heterocycles. The van der Waals surface area contributed by atoms with E-state index in [4.69, 9.17) is 0 Å². The molecule has 0 amide bonds. The van der Waals surface area contributed by atoms with E-state index in [1.807, 2.05) is 24.3 Å². The summed E-state index contributed by atoms with van der Waals surface area (Å²) in [5.41, 5.74) is 3.86. The largest absolute Gasteiger partial charge is 0.508 e. The van der Waals surface area contributed by atoms with E-state index in [0.717, 1.165) is 35.1 Å². The number of nitriles is 1. The number of hydrogen-bond acceptors (Lipinski definition) is 2. The molecule has 108 valence electrons. The van der Waals surface area contributed by atoms with E-state index in [-0.39, 0.29) is 5.75 Å². The summed E-state index contributed by atoms with van der Waals surface area (Å²) in [4.78, 5) is 0. The lowest BCUT2D eigenvalue weighted by Gasteiger charge is -2.27. The third kappa shape index (κ3) is 1.81. The second-order valence-electron chi connectivity index (χ2n) is 5.87. The van der Waals surface area contributed by atoms with Crippen molar-refractivity contribution in [1.29, 1.82) is 5.26 Å². The third-order valence-electron chi connectivity index (χ3n) is 4.61. The predicted octanol–water partition coefficient (Wildman–Crippen LogP) is 4.48. The monoisotopic (exact) mass is 288 g/mol. The van der Waals surface area contributed by atoms with Crippen LogP contribution < -0.4 is 0 Å². The number of aromatic nitrogens is 1. The van der Waals surface area contributed by atoms with Crippen molar-refractivity contribution < 1.29 is 5.11 Å². The first-order chi connectivity index (χ1) is 10.8. The molecule has 4 rings (SSSR count). The summed E-state index contributed by atoms with van der Waals surface area (Å²) in [5, 5.41) is 20.3. The van der Waals surface area contributed by atoms with Crippen molar-refractivity contribution in [3.63, 3.8) is 0 Å². The van der Waals surface area contributed by atoms with Crippen LogP contribution in [0.5, 0.6) is 5.75 Å². The molecule has 3 aromatic rings. The van der Waals surface area contributed by atoms with Crippen molar-refractivity contribution >= 4 is 10.9 Å². The Labute approximate surface area is 129 Å². The number of benzene rings is 2. The number of phenols is 1. The molecule has 1 N–H and O–H groups in total. The minimum atomic E-state index is 0.203. The van der Waals surface area contributed by atoms with Crippen LogP contribution in [-0.4, -0.2) is 9.67 Å². The maximum absolute atomic E-state index is 9.81. The molecule has 0 atom stereocenters. The van der Waals surface area contributed by atoms with E-state index < -0.39 is 0 Å². The minimum Gasteiger partial charge on any atom is -0.508 e. The highest BCUT2D eigenvalue weighted by Crippen LogP contribution is 2.43. The van der Waals surface area contributed by atoms with Gasteiger partial charge in [0.15, 0.2) is 0 Å². The van der Waals surface area contributed by atoms with Crippen molar-refractivity contribution in [2.45, 2.75) is 25.2 Å². The predicted molar refractivity (Wildman–Crippen MR) is 86.2 cm³/mol. The minimum absolute atomic E-state index is 0.203. The van der Waals surface area contributed by atoms with Gasteiger partial charge in [-0.25, -0.2) is 0 Å². The highest BCUT2D eigenvalue weighted by molar-refractivity contribution is 5.91. The molecule has 0 radical (unpaired) electrons. The average Bonchev–Trinajstić information content (AvgIpc) is 2.79. The van der Waals surface area contributed by atoms with Crippen molar-refractivity contribution in [3.8, 4) is 17.5 Å². The molecule has 1 saturated carbocycles. The summed E-state index contributed by atoms with van der Waals surface area (Å²) in [7, 11) is 0. The first-order valence-corrected chi connectivity index (χ1v) is 7.62.